The van der Waals surface area contributed by atoms with E-state index in [4.69, 9.17) is 14.2 Å². The molecule has 1 aliphatic rings. The first-order chi connectivity index (χ1) is 18.4. The normalized spacial score (nSPS) is 16.2. The fourth-order valence-corrected chi connectivity index (χ4v) is 5.93. The number of nitrogens with zero attached hydrogens (tertiary/aromatic N) is 2. The van der Waals surface area contributed by atoms with Crippen LogP contribution in [-0.2, 0) is 26.0 Å². The molecule has 0 radical (unpaired) electrons. The van der Waals surface area contributed by atoms with E-state index in [1.165, 1.54) is 23.5 Å². The molecule has 9 nitrogen and oxygen atoms in total. The molecule has 214 valence electrons. The second kappa shape index (κ2) is 13.3. The number of piperidine rings is 1. The van der Waals surface area contributed by atoms with E-state index in [0.717, 1.165) is 12.8 Å². The van der Waals surface area contributed by atoms with Crippen molar-refractivity contribution in [2.45, 2.75) is 76.5 Å². The highest BCUT2D eigenvalue weighted by atomic mass is 32.2. The van der Waals surface area contributed by atoms with Gasteiger partial charge in [-0.3, -0.25) is 0 Å². The SMILES string of the molecule is CCCCOC(=O)c1ccc(CN(C2CCCN(C(=O)OC(C)(C)C)C2)S(=O)(=O)c2ccc(OC)cc2)cc1. The van der Waals surface area contributed by atoms with Crippen molar-refractivity contribution in [2.24, 2.45) is 0 Å². The summed E-state index contributed by atoms with van der Waals surface area (Å²) in [6.45, 7) is 8.57. The lowest BCUT2D eigenvalue weighted by Gasteiger charge is -2.39. The predicted molar refractivity (Wildman–Crippen MR) is 148 cm³/mol. The topological polar surface area (TPSA) is 102 Å². The Morgan fingerprint density at radius 3 is 2.31 bits per heavy atom. The molecule has 1 amide bonds. The zero-order valence-electron chi connectivity index (χ0n) is 23.5. The van der Waals surface area contributed by atoms with E-state index in [1.807, 2.05) is 6.92 Å². The molecule has 1 atom stereocenters. The van der Waals surface area contributed by atoms with E-state index in [9.17, 15) is 18.0 Å². The number of unbranched alkanes of at least 4 members (excludes halogenated alkanes) is 1. The van der Waals surface area contributed by atoms with Gasteiger partial charge in [-0.05, 0) is 82.0 Å². The first-order valence-corrected chi connectivity index (χ1v) is 14.8. The predicted octanol–water partition coefficient (Wildman–Crippen LogP) is 5.24. The van der Waals surface area contributed by atoms with E-state index >= 15 is 0 Å². The zero-order valence-corrected chi connectivity index (χ0v) is 24.3. The van der Waals surface area contributed by atoms with Crippen molar-refractivity contribution >= 4 is 22.1 Å². The molecule has 1 fully saturated rings. The molecule has 2 aromatic rings. The Morgan fingerprint density at radius 1 is 1.05 bits per heavy atom. The highest BCUT2D eigenvalue weighted by Crippen LogP contribution is 2.28. The van der Waals surface area contributed by atoms with Gasteiger partial charge in [0.25, 0.3) is 0 Å². The molecular weight excluding hydrogens is 520 g/mol. The average molecular weight is 561 g/mol. The quantitative estimate of drug-likeness (QED) is 0.289. The Hall–Kier alpha value is -3.11. The molecule has 0 aromatic heterocycles. The maximum Gasteiger partial charge on any atom is 0.410 e. The molecule has 1 unspecified atom stereocenters. The number of rotatable bonds is 10. The van der Waals surface area contributed by atoms with Crippen LogP contribution in [0.2, 0.25) is 0 Å². The lowest BCUT2D eigenvalue weighted by Crippen LogP contribution is -2.52. The van der Waals surface area contributed by atoms with Gasteiger partial charge in [-0.1, -0.05) is 25.5 Å². The third-order valence-corrected chi connectivity index (χ3v) is 8.29. The Labute approximate surface area is 232 Å². The van der Waals surface area contributed by atoms with Crippen LogP contribution in [0, 0.1) is 0 Å². The van der Waals surface area contributed by atoms with Gasteiger partial charge in [-0.15, -0.1) is 0 Å². The van der Waals surface area contributed by atoms with E-state index in [2.05, 4.69) is 0 Å². The molecule has 0 N–H and O–H groups in total. The minimum Gasteiger partial charge on any atom is -0.497 e. The summed E-state index contributed by atoms with van der Waals surface area (Å²) in [6, 6.07) is 12.6. The zero-order chi connectivity index (χ0) is 28.6. The fraction of sp³-hybridized carbons (Fsp3) is 0.517. The summed E-state index contributed by atoms with van der Waals surface area (Å²) in [4.78, 5) is 26.8. The number of hydrogen-bond acceptors (Lipinski definition) is 7. The molecule has 1 aliphatic heterocycles. The molecule has 10 heteroatoms. The summed E-state index contributed by atoms with van der Waals surface area (Å²) in [7, 11) is -2.42. The van der Waals surface area contributed by atoms with Crippen molar-refractivity contribution in [2.75, 3.05) is 26.8 Å². The molecular formula is C29H40N2O7S. The molecule has 0 aliphatic carbocycles. The number of hydrogen-bond donors (Lipinski definition) is 0. The molecule has 3 rings (SSSR count). The number of carbonyl (C=O) groups is 2. The van der Waals surface area contributed by atoms with Crippen molar-refractivity contribution in [1.82, 2.24) is 9.21 Å². The summed E-state index contributed by atoms with van der Waals surface area (Å²) in [5.74, 6) is 0.147. The van der Waals surface area contributed by atoms with Gasteiger partial charge in [0.2, 0.25) is 10.0 Å². The van der Waals surface area contributed by atoms with Gasteiger partial charge in [-0.25, -0.2) is 18.0 Å². The van der Waals surface area contributed by atoms with Gasteiger partial charge in [-0.2, -0.15) is 4.31 Å². The molecule has 0 bridgehead atoms. The number of likely N-dealkylation sites (tertiary alicyclic amines) is 1. The average Bonchev–Trinajstić information content (AvgIpc) is 2.91. The third kappa shape index (κ3) is 8.44. The van der Waals surface area contributed by atoms with Crippen molar-refractivity contribution in [3.8, 4) is 5.75 Å². The Balaban J connectivity index is 1.87. The largest absolute Gasteiger partial charge is 0.497 e. The molecule has 2 aromatic carbocycles. The summed E-state index contributed by atoms with van der Waals surface area (Å²) in [5.41, 5.74) is 0.470. The number of amides is 1. The standard InChI is InChI=1S/C29H40N2O7S/c1-6-7-19-37-27(32)23-12-10-22(11-13-23)20-31(39(34,35)26-16-14-25(36-5)15-17-26)24-9-8-18-30(21-24)28(33)38-29(2,3)4/h10-17,24H,6-9,18-21H2,1-5H3. The fourth-order valence-electron chi connectivity index (χ4n) is 4.29. The van der Waals surface area contributed by atoms with E-state index in [-0.39, 0.29) is 18.0 Å². The monoisotopic (exact) mass is 560 g/mol. The Bertz CT molecular complexity index is 1210. The first kappa shape index (κ1) is 30.4. The van der Waals surface area contributed by atoms with Crippen LogP contribution >= 0.6 is 0 Å². The minimum atomic E-state index is -3.94. The van der Waals surface area contributed by atoms with Crippen LogP contribution in [0.15, 0.2) is 53.4 Å². The first-order valence-electron chi connectivity index (χ1n) is 13.3. The van der Waals surface area contributed by atoms with Gasteiger partial charge in [0.1, 0.15) is 11.4 Å². The van der Waals surface area contributed by atoms with Gasteiger partial charge in [0.05, 0.1) is 24.2 Å². The van der Waals surface area contributed by atoms with Crippen LogP contribution in [0.25, 0.3) is 0 Å². The van der Waals surface area contributed by atoms with E-state index < -0.39 is 33.7 Å². The lowest BCUT2D eigenvalue weighted by molar-refractivity contribution is 0.0152. The molecule has 1 saturated heterocycles. The van der Waals surface area contributed by atoms with Crippen molar-refractivity contribution in [3.63, 3.8) is 0 Å². The maximum absolute atomic E-state index is 13.9. The number of benzene rings is 2. The minimum absolute atomic E-state index is 0.0757. The second-order valence-corrected chi connectivity index (χ2v) is 12.5. The Kier molecular flexibility index (Phi) is 10.4. The van der Waals surface area contributed by atoms with Crippen LogP contribution < -0.4 is 4.74 Å². The molecule has 0 spiro atoms. The Morgan fingerprint density at radius 2 is 1.72 bits per heavy atom. The van der Waals surface area contributed by atoms with Gasteiger partial charge in [0, 0.05) is 25.7 Å². The second-order valence-electron chi connectivity index (χ2n) is 10.6. The van der Waals surface area contributed by atoms with Crippen LogP contribution in [0.4, 0.5) is 4.79 Å². The van der Waals surface area contributed by atoms with Crippen molar-refractivity contribution in [3.05, 3.63) is 59.7 Å². The smallest absolute Gasteiger partial charge is 0.410 e. The number of carbonyl (C=O) groups excluding carboxylic acids is 2. The summed E-state index contributed by atoms with van der Waals surface area (Å²) >= 11 is 0. The summed E-state index contributed by atoms with van der Waals surface area (Å²) < 4.78 is 45.3. The highest BCUT2D eigenvalue weighted by molar-refractivity contribution is 7.89. The molecule has 0 saturated carbocycles. The number of ether oxygens (including phenoxy) is 3. The van der Waals surface area contributed by atoms with E-state index in [0.29, 0.717) is 42.9 Å². The maximum atomic E-state index is 13.9. The lowest BCUT2D eigenvalue weighted by atomic mass is 10.1. The van der Waals surface area contributed by atoms with Crippen LogP contribution in [0.1, 0.15) is 69.3 Å². The number of esters is 1. The van der Waals surface area contributed by atoms with Gasteiger partial charge < -0.3 is 19.1 Å². The van der Waals surface area contributed by atoms with Crippen molar-refractivity contribution < 1.29 is 32.2 Å². The number of methoxy groups -OCH3 is 1. The van der Waals surface area contributed by atoms with Crippen LogP contribution in [-0.4, -0.2) is 68.1 Å². The van der Waals surface area contributed by atoms with Crippen LogP contribution in [0.5, 0.6) is 5.75 Å². The summed E-state index contributed by atoms with van der Waals surface area (Å²) in [5, 5.41) is 0. The highest BCUT2D eigenvalue weighted by Gasteiger charge is 2.37. The molecule has 39 heavy (non-hydrogen) atoms. The van der Waals surface area contributed by atoms with Gasteiger partial charge in [0.15, 0.2) is 0 Å². The van der Waals surface area contributed by atoms with Gasteiger partial charge >= 0.3 is 12.1 Å². The van der Waals surface area contributed by atoms with Crippen molar-refractivity contribution in [1.29, 1.82) is 0 Å². The summed E-state index contributed by atoms with van der Waals surface area (Å²) in [6.07, 6.45) is 2.50. The van der Waals surface area contributed by atoms with Crippen LogP contribution in [0.3, 0.4) is 0 Å². The third-order valence-electron chi connectivity index (χ3n) is 6.38. The molecule has 1 heterocycles. The van der Waals surface area contributed by atoms with E-state index in [1.54, 1.807) is 62.1 Å². The number of sulfonamides is 1.